The van der Waals surface area contributed by atoms with Crippen molar-refractivity contribution in [1.82, 2.24) is 0 Å². The van der Waals surface area contributed by atoms with Crippen LogP contribution in [0.3, 0.4) is 0 Å². The van der Waals surface area contributed by atoms with Crippen LogP contribution >= 0.6 is 0 Å². The summed E-state index contributed by atoms with van der Waals surface area (Å²) in [6.45, 7) is 5.47. The molecule has 0 aliphatic carbocycles. The van der Waals surface area contributed by atoms with Crippen molar-refractivity contribution in [2.45, 2.75) is 6.92 Å². The number of nitro groups is 1. The molecule has 1 aromatic carbocycles. The van der Waals surface area contributed by atoms with E-state index in [-0.39, 0.29) is 17.9 Å². The Morgan fingerprint density at radius 3 is 2.81 bits per heavy atom. The van der Waals surface area contributed by atoms with Crippen LogP contribution in [0.25, 0.3) is 5.57 Å². The number of carbonyl (C=O) groups excluding carboxylic acids is 1. The van der Waals surface area contributed by atoms with E-state index in [0.29, 0.717) is 5.56 Å². The van der Waals surface area contributed by atoms with Gasteiger partial charge in [0.1, 0.15) is 0 Å². The number of nitrogens with zero attached hydrogens (tertiary/aromatic N) is 1. The van der Waals surface area contributed by atoms with Crippen LogP contribution in [0.15, 0.2) is 30.8 Å². The van der Waals surface area contributed by atoms with Crippen LogP contribution in [0, 0.1) is 10.1 Å². The average Bonchev–Trinajstić information content (AvgIpc) is 2.28. The first kappa shape index (κ1) is 11.9. The predicted molar refractivity (Wildman–Crippen MR) is 58.8 cm³/mol. The van der Waals surface area contributed by atoms with Gasteiger partial charge in [-0.05, 0) is 12.5 Å². The van der Waals surface area contributed by atoms with Crippen molar-refractivity contribution in [3.8, 4) is 0 Å². The quantitative estimate of drug-likeness (QED) is 0.338. The van der Waals surface area contributed by atoms with Gasteiger partial charge in [-0.2, -0.15) is 0 Å². The van der Waals surface area contributed by atoms with Crippen molar-refractivity contribution in [3.05, 3.63) is 46.5 Å². The van der Waals surface area contributed by atoms with E-state index in [2.05, 4.69) is 6.58 Å². The number of ether oxygens (including phenoxy) is 1. The SMILES string of the molecule is C=C(C(=O)OCC)c1cccc([N+](=O)[O-])c1. The molecule has 0 aromatic heterocycles. The van der Waals surface area contributed by atoms with Gasteiger partial charge < -0.3 is 4.74 Å². The van der Waals surface area contributed by atoms with Gasteiger partial charge >= 0.3 is 5.97 Å². The number of hydrogen-bond acceptors (Lipinski definition) is 4. The van der Waals surface area contributed by atoms with Crippen molar-refractivity contribution < 1.29 is 14.5 Å². The van der Waals surface area contributed by atoms with E-state index in [4.69, 9.17) is 4.74 Å². The van der Waals surface area contributed by atoms with E-state index >= 15 is 0 Å². The Labute approximate surface area is 92.5 Å². The lowest BCUT2D eigenvalue weighted by Gasteiger charge is -2.04. The van der Waals surface area contributed by atoms with Crippen LogP contribution < -0.4 is 0 Å². The molecule has 0 heterocycles. The number of carbonyl (C=O) groups is 1. The third kappa shape index (κ3) is 2.66. The van der Waals surface area contributed by atoms with Crippen molar-refractivity contribution in [3.63, 3.8) is 0 Å². The summed E-state index contributed by atoms with van der Waals surface area (Å²) in [7, 11) is 0. The lowest BCUT2D eigenvalue weighted by Crippen LogP contribution is -2.05. The molecule has 0 radical (unpaired) electrons. The molecule has 16 heavy (non-hydrogen) atoms. The Hall–Kier alpha value is -2.17. The molecule has 0 aliphatic heterocycles. The molecular formula is C11H11NO4. The van der Waals surface area contributed by atoms with E-state index in [1.807, 2.05) is 0 Å². The average molecular weight is 221 g/mol. The lowest BCUT2D eigenvalue weighted by molar-refractivity contribution is -0.384. The minimum Gasteiger partial charge on any atom is -0.462 e. The van der Waals surface area contributed by atoms with Crippen molar-refractivity contribution in [2.75, 3.05) is 6.61 Å². The first-order valence-corrected chi connectivity index (χ1v) is 4.67. The van der Waals surface area contributed by atoms with Gasteiger partial charge in [0.2, 0.25) is 0 Å². The molecule has 0 amide bonds. The Morgan fingerprint density at radius 2 is 2.25 bits per heavy atom. The zero-order chi connectivity index (χ0) is 12.1. The van der Waals surface area contributed by atoms with Crippen LogP contribution in [-0.2, 0) is 9.53 Å². The summed E-state index contributed by atoms with van der Waals surface area (Å²) in [5.41, 5.74) is 0.432. The minimum atomic E-state index is -0.567. The number of esters is 1. The van der Waals surface area contributed by atoms with Crippen molar-refractivity contribution >= 4 is 17.2 Å². The van der Waals surface area contributed by atoms with E-state index in [1.165, 1.54) is 18.2 Å². The van der Waals surface area contributed by atoms with Gasteiger partial charge in [0.05, 0.1) is 17.1 Å². The topological polar surface area (TPSA) is 69.4 Å². The summed E-state index contributed by atoms with van der Waals surface area (Å²) in [4.78, 5) is 21.3. The number of hydrogen-bond donors (Lipinski definition) is 0. The smallest absolute Gasteiger partial charge is 0.338 e. The van der Waals surface area contributed by atoms with Gasteiger partial charge in [-0.1, -0.05) is 18.7 Å². The van der Waals surface area contributed by atoms with Gasteiger partial charge in [0, 0.05) is 12.1 Å². The molecule has 1 aromatic rings. The molecule has 0 saturated carbocycles. The molecule has 0 fully saturated rings. The molecule has 0 unspecified atom stereocenters. The van der Waals surface area contributed by atoms with Crippen LogP contribution in [-0.4, -0.2) is 17.5 Å². The predicted octanol–water partition coefficient (Wildman–Crippen LogP) is 2.17. The summed E-state index contributed by atoms with van der Waals surface area (Å²) in [6.07, 6.45) is 0. The Bertz CT molecular complexity index is 439. The van der Waals surface area contributed by atoms with Crippen molar-refractivity contribution in [2.24, 2.45) is 0 Å². The fourth-order valence-corrected chi connectivity index (χ4v) is 1.14. The molecule has 0 saturated heterocycles. The molecule has 0 N–H and O–H groups in total. The Balaban J connectivity index is 2.96. The second-order valence-corrected chi connectivity index (χ2v) is 3.01. The summed E-state index contributed by atoms with van der Waals surface area (Å²) >= 11 is 0. The highest BCUT2D eigenvalue weighted by atomic mass is 16.6. The molecule has 5 heteroatoms. The highest BCUT2D eigenvalue weighted by Gasteiger charge is 2.13. The fraction of sp³-hybridized carbons (Fsp3) is 0.182. The van der Waals surface area contributed by atoms with E-state index in [1.54, 1.807) is 13.0 Å². The second-order valence-electron chi connectivity index (χ2n) is 3.01. The standard InChI is InChI=1S/C11H11NO4/c1-3-16-11(13)8(2)9-5-4-6-10(7-9)12(14)15/h4-7H,2-3H2,1H3. The summed E-state index contributed by atoms with van der Waals surface area (Å²) in [6, 6.07) is 5.71. The molecule has 0 bridgehead atoms. The lowest BCUT2D eigenvalue weighted by atomic mass is 10.1. The van der Waals surface area contributed by atoms with Crippen LogP contribution in [0.4, 0.5) is 5.69 Å². The number of rotatable bonds is 4. The monoisotopic (exact) mass is 221 g/mol. The summed E-state index contributed by atoms with van der Waals surface area (Å²) in [5, 5.41) is 10.5. The summed E-state index contributed by atoms with van der Waals surface area (Å²) in [5.74, 6) is -0.567. The zero-order valence-corrected chi connectivity index (χ0v) is 8.80. The second kappa shape index (κ2) is 5.06. The van der Waals surface area contributed by atoms with Crippen LogP contribution in [0.2, 0.25) is 0 Å². The Morgan fingerprint density at radius 1 is 1.56 bits per heavy atom. The molecule has 0 aliphatic rings. The van der Waals surface area contributed by atoms with Gasteiger partial charge in [0.25, 0.3) is 5.69 Å². The molecule has 0 atom stereocenters. The maximum Gasteiger partial charge on any atom is 0.338 e. The first-order chi connectivity index (χ1) is 7.56. The largest absolute Gasteiger partial charge is 0.462 e. The molecule has 84 valence electrons. The van der Waals surface area contributed by atoms with Gasteiger partial charge in [-0.3, -0.25) is 10.1 Å². The maximum atomic E-state index is 11.3. The van der Waals surface area contributed by atoms with E-state index in [0.717, 1.165) is 0 Å². The van der Waals surface area contributed by atoms with Gasteiger partial charge in [0.15, 0.2) is 0 Å². The van der Waals surface area contributed by atoms with Gasteiger partial charge in [-0.25, -0.2) is 4.79 Å². The Kier molecular flexibility index (Phi) is 3.77. The van der Waals surface area contributed by atoms with Crippen LogP contribution in [0.5, 0.6) is 0 Å². The van der Waals surface area contributed by atoms with E-state index < -0.39 is 10.9 Å². The zero-order valence-electron chi connectivity index (χ0n) is 8.80. The number of benzene rings is 1. The highest BCUT2D eigenvalue weighted by Crippen LogP contribution is 2.19. The third-order valence-electron chi connectivity index (χ3n) is 1.93. The number of nitro benzene ring substituents is 1. The minimum absolute atomic E-state index is 0.0806. The van der Waals surface area contributed by atoms with Crippen LogP contribution in [0.1, 0.15) is 12.5 Å². The summed E-state index contributed by atoms with van der Waals surface area (Å²) < 4.78 is 4.75. The third-order valence-corrected chi connectivity index (χ3v) is 1.93. The maximum absolute atomic E-state index is 11.3. The van der Waals surface area contributed by atoms with Crippen molar-refractivity contribution in [1.29, 1.82) is 0 Å². The molecule has 1 rings (SSSR count). The first-order valence-electron chi connectivity index (χ1n) is 4.67. The highest BCUT2D eigenvalue weighted by molar-refractivity contribution is 6.15. The van der Waals surface area contributed by atoms with Gasteiger partial charge in [-0.15, -0.1) is 0 Å². The fourth-order valence-electron chi connectivity index (χ4n) is 1.14. The van der Waals surface area contributed by atoms with E-state index in [9.17, 15) is 14.9 Å². The molecular weight excluding hydrogens is 210 g/mol. The molecule has 0 spiro atoms. The molecule has 5 nitrogen and oxygen atoms in total. The normalized spacial score (nSPS) is 9.56. The number of non-ortho nitro benzene ring substituents is 1.